The highest BCUT2D eigenvalue weighted by molar-refractivity contribution is 5.93. The van der Waals surface area contributed by atoms with Crippen LogP contribution in [0, 0.1) is 5.92 Å². The predicted octanol–water partition coefficient (Wildman–Crippen LogP) is 2.36. The second-order valence-electron chi connectivity index (χ2n) is 7.76. The highest BCUT2D eigenvalue weighted by Crippen LogP contribution is 2.33. The van der Waals surface area contributed by atoms with Gasteiger partial charge in [-0.05, 0) is 25.0 Å². The number of amides is 1. The first-order valence-electron chi connectivity index (χ1n) is 9.73. The molecule has 1 amide bonds. The molecular formula is C20H23FN6O. The van der Waals surface area contributed by atoms with Crippen LogP contribution in [0.2, 0.25) is 0 Å². The van der Waals surface area contributed by atoms with E-state index in [4.69, 9.17) is 0 Å². The molecule has 2 aliphatic rings. The number of anilines is 1. The van der Waals surface area contributed by atoms with Crippen molar-refractivity contribution in [2.24, 2.45) is 13.0 Å². The van der Waals surface area contributed by atoms with Crippen LogP contribution in [-0.2, 0) is 11.8 Å². The maximum atomic E-state index is 13.1. The zero-order valence-electron chi connectivity index (χ0n) is 15.8. The molecule has 0 unspecified atom stereocenters. The van der Waals surface area contributed by atoms with E-state index in [0.29, 0.717) is 25.9 Å². The van der Waals surface area contributed by atoms with Crippen LogP contribution in [-0.4, -0.2) is 62.9 Å². The van der Waals surface area contributed by atoms with Crippen LogP contribution >= 0.6 is 0 Å². The van der Waals surface area contributed by atoms with Crippen molar-refractivity contribution in [3.05, 3.63) is 30.7 Å². The molecule has 0 spiro atoms. The number of alkyl halides is 1. The van der Waals surface area contributed by atoms with Crippen LogP contribution in [0.3, 0.4) is 0 Å². The van der Waals surface area contributed by atoms with Crippen molar-refractivity contribution in [2.45, 2.75) is 19.0 Å². The fourth-order valence-corrected chi connectivity index (χ4v) is 4.18. The van der Waals surface area contributed by atoms with E-state index in [0.717, 1.165) is 41.1 Å². The molecule has 1 aliphatic heterocycles. The highest BCUT2D eigenvalue weighted by Gasteiger charge is 2.37. The molecule has 0 radical (unpaired) electrons. The number of nitrogens with one attached hydrogen (secondary N) is 1. The number of halogens is 1. The standard InChI is InChI=1S/C20H23FN6O/c1-25-12-14(11-23-25)17-10-16-18(2-3-22-19(16)24-17)26-4-6-27(7-5-26)20(28)13-8-15(21)9-13/h2-3,10-13,15H,4-9H2,1H3,(H,22,24). The fraction of sp³-hybridized carbons (Fsp3) is 0.450. The first-order chi connectivity index (χ1) is 13.6. The van der Waals surface area contributed by atoms with Gasteiger partial charge in [0.2, 0.25) is 5.91 Å². The van der Waals surface area contributed by atoms with Gasteiger partial charge in [0.05, 0.1) is 11.9 Å². The molecule has 5 rings (SSSR count). The Morgan fingerprint density at radius 2 is 2.04 bits per heavy atom. The summed E-state index contributed by atoms with van der Waals surface area (Å²) in [5.74, 6) is 0.00910. The van der Waals surface area contributed by atoms with Gasteiger partial charge in [0, 0.05) is 68.2 Å². The lowest BCUT2D eigenvalue weighted by Gasteiger charge is -2.40. The second kappa shape index (κ2) is 6.61. The number of hydrogen-bond donors (Lipinski definition) is 1. The number of H-pyrrole nitrogens is 1. The maximum absolute atomic E-state index is 13.1. The van der Waals surface area contributed by atoms with E-state index < -0.39 is 6.17 Å². The van der Waals surface area contributed by atoms with Gasteiger partial charge in [-0.3, -0.25) is 9.48 Å². The van der Waals surface area contributed by atoms with E-state index in [9.17, 15) is 9.18 Å². The number of aromatic amines is 1. The Bertz CT molecular complexity index is 1010. The zero-order chi connectivity index (χ0) is 19.3. The van der Waals surface area contributed by atoms with Crippen molar-refractivity contribution in [2.75, 3.05) is 31.1 Å². The van der Waals surface area contributed by atoms with Crippen LogP contribution in [0.1, 0.15) is 12.8 Å². The minimum Gasteiger partial charge on any atom is -0.367 e. The molecule has 3 aromatic rings. The average Bonchev–Trinajstić information content (AvgIpc) is 3.31. The third kappa shape index (κ3) is 2.93. The number of fused-ring (bicyclic) bond motifs is 1. The van der Waals surface area contributed by atoms with Gasteiger partial charge in [-0.2, -0.15) is 5.10 Å². The molecule has 1 saturated heterocycles. The van der Waals surface area contributed by atoms with Gasteiger partial charge in [-0.15, -0.1) is 0 Å². The van der Waals surface area contributed by atoms with Crippen LogP contribution in [0.25, 0.3) is 22.3 Å². The van der Waals surface area contributed by atoms with E-state index in [1.807, 2.05) is 36.6 Å². The molecule has 2 fully saturated rings. The smallest absolute Gasteiger partial charge is 0.226 e. The highest BCUT2D eigenvalue weighted by atomic mass is 19.1. The number of rotatable bonds is 3. The number of hydrogen-bond acceptors (Lipinski definition) is 4. The van der Waals surface area contributed by atoms with Crippen molar-refractivity contribution in [3.63, 3.8) is 0 Å². The van der Waals surface area contributed by atoms with Gasteiger partial charge in [-0.25, -0.2) is 9.37 Å². The Hall–Kier alpha value is -2.90. The zero-order valence-corrected chi connectivity index (χ0v) is 15.8. The first-order valence-corrected chi connectivity index (χ1v) is 9.73. The van der Waals surface area contributed by atoms with Crippen molar-refractivity contribution >= 4 is 22.6 Å². The molecule has 7 nitrogen and oxygen atoms in total. The van der Waals surface area contributed by atoms with E-state index in [2.05, 4.69) is 26.0 Å². The summed E-state index contributed by atoms with van der Waals surface area (Å²) in [5.41, 5.74) is 3.98. The van der Waals surface area contributed by atoms with Crippen LogP contribution in [0.4, 0.5) is 10.1 Å². The summed E-state index contributed by atoms with van der Waals surface area (Å²) in [6, 6.07) is 4.14. The normalized spacial score (nSPS) is 22.5. The Morgan fingerprint density at radius 3 is 2.71 bits per heavy atom. The monoisotopic (exact) mass is 382 g/mol. The summed E-state index contributed by atoms with van der Waals surface area (Å²) in [6.07, 6.45) is 5.61. The summed E-state index contributed by atoms with van der Waals surface area (Å²) in [6.45, 7) is 2.89. The molecule has 146 valence electrons. The summed E-state index contributed by atoms with van der Waals surface area (Å²) in [7, 11) is 1.90. The minimum atomic E-state index is -0.789. The second-order valence-corrected chi connectivity index (χ2v) is 7.76. The third-order valence-electron chi connectivity index (χ3n) is 5.89. The van der Waals surface area contributed by atoms with E-state index in [-0.39, 0.29) is 11.8 Å². The lowest BCUT2D eigenvalue weighted by Crippen LogP contribution is -2.52. The SMILES string of the molecule is Cn1cc(-c2cc3c(N4CCN(C(=O)C5CC(F)C5)CC4)ccnc3[nH]2)cn1. The van der Waals surface area contributed by atoms with Crippen LogP contribution in [0.5, 0.6) is 0 Å². The molecule has 4 heterocycles. The molecule has 8 heteroatoms. The van der Waals surface area contributed by atoms with Gasteiger partial charge in [0.15, 0.2) is 0 Å². The van der Waals surface area contributed by atoms with Crippen molar-refractivity contribution in [1.29, 1.82) is 0 Å². The number of nitrogens with zero attached hydrogens (tertiary/aromatic N) is 5. The van der Waals surface area contributed by atoms with Crippen molar-refractivity contribution in [1.82, 2.24) is 24.6 Å². The lowest BCUT2D eigenvalue weighted by molar-refractivity contribution is -0.140. The topological polar surface area (TPSA) is 70.1 Å². The Kier molecular flexibility index (Phi) is 4.07. The van der Waals surface area contributed by atoms with Gasteiger partial charge in [0.25, 0.3) is 0 Å². The number of pyridine rings is 1. The summed E-state index contributed by atoms with van der Waals surface area (Å²) < 4.78 is 14.8. The molecule has 1 N–H and O–H groups in total. The molecule has 1 aliphatic carbocycles. The number of carbonyl (C=O) groups excluding carboxylic acids is 1. The first kappa shape index (κ1) is 17.2. The fourth-order valence-electron chi connectivity index (χ4n) is 4.18. The van der Waals surface area contributed by atoms with E-state index in [1.165, 1.54) is 0 Å². The minimum absolute atomic E-state index is 0.110. The van der Waals surface area contributed by atoms with Gasteiger partial charge in [-0.1, -0.05) is 0 Å². The van der Waals surface area contributed by atoms with Crippen LogP contribution in [0.15, 0.2) is 30.7 Å². The van der Waals surface area contributed by atoms with E-state index >= 15 is 0 Å². The molecule has 0 bridgehead atoms. The summed E-state index contributed by atoms with van der Waals surface area (Å²) in [4.78, 5) is 24.5. The van der Waals surface area contributed by atoms with Gasteiger partial charge in [0.1, 0.15) is 11.8 Å². The predicted molar refractivity (Wildman–Crippen MR) is 105 cm³/mol. The molecular weight excluding hydrogens is 359 g/mol. The van der Waals surface area contributed by atoms with Crippen molar-refractivity contribution in [3.8, 4) is 11.3 Å². The number of piperazine rings is 1. The third-order valence-corrected chi connectivity index (χ3v) is 5.89. The summed E-state index contributed by atoms with van der Waals surface area (Å²) in [5, 5.41) is 5.31. The number of carbonyl (C=O) groups is 1. The Balaban J connectivity index is 1.34. The molecule has 0 atom stereocenters. The van der Waals surface area contributed by atoms with Gasteiger partial charge >= 0.3 is 0 Å². The largest absolute Gasteiger partial charge is 0.367 e. The number of aromatic nitrogens is 4. The maximum Gasteiger partial charge on any atom is 0.226 e. The average molecular weight is 382 g/mol. The molecule has 0 aromatic carbocycles. The quantitative estimate of drug-likeness (QED) is 0.755. The Labute approximate surface area is 162 Å². The van der Waals surface area contributed by atoms with Gasteiger partial charge < -0.3 is 14.8 Å². The summed E-state index contributed by atoms with van der Waals surface area (Å²) >= 11 is 0. The number of aryl methyl sites for hydroxylation is 1. The Morgan fingerprint density at radius 1 is 1.25 bits per heavy atom. The lowest BCUT2D eigenvalue weighted by atomic mass is 9.82. The molecule has 3 aromatic heterocycles. The van der Waals surface area contributed by atoms with Crippen LogP contribution < -0.4 is 4.90 Å². The molecule has 28 heavy (non-hydrogen) atoms. The molecule has 1 saturated carbocycles. The van der Waals surface area contributed by atoms with Crippen molar-refractivity contribution < 1.29 is 9.18 Å². The van der Waals surface area contributed by atoms with E-state index in [1.54, 1.807) is 4.68 Å².